The monoisotopic (exact) mass is 297 g/mol. The average molecular weight is 298 g/mol. The second-order valence-corrected chi connectivity index (χ2v) is 7.02. The van der Waals surface area contributed by atoms with Crippen LogP contribution in [-0.2, 0) is 6.54 Å². The molecule has 1 fully saturated rings. The molecule has 0 radical (unpaired) electrons. The van der Waals surface area contributed by atoms with E-state index in [-0.39, 0.29) is 5.82 Å². The third kappa shape index (κ3) is 3.95. The predicted octanol–water partition coefficient (Wildman–Crippen LogP) is 5.18. The minimum atomic E-state index is -0.214. The number of rotatable bonds is 6. The van der Waals surface area contributed by atoms with Gasteiger partial charge in [-0.05, 0) is 42.7 Å². The predicted molar refractivity (Wildman–Crippen MR) is 83.5 cm³/mol. The summed E-state index contributed by atoms with van der Waals surface area (Å²) in [6.07, 6.45) is 6.50. The van der Waals surface area contributed by atoms with E-state index in [9.17, 15) is 4.39 Å². The molecule has 112 valence electrons. The molecule has 3 heteroatoms. The summed E-state index contributed by atoms with van der Waals surface area (Å²) >= 11 is 6.06. The van der Waals surface area contributed by atoms with Crippen LogP contribution in [0.4, 0.5) is 4.39 Å². The van der Waals surface area contributed by atoms with E-state index in [0.29, 0.717) is 28.5 Å². The summed E-state index contributed by atoms with van der Waals surface area (Å²) in [5.74, 6) is 0.501. The fraction of sp³-hybridized carbons (Fsp3) is 0.647. The lowest BCUT2D eigenvalue weighted by molar-refractivity contribution is 0.223. The lowest BCUT2D eigenvalue weighted by atomic mass is 9.78. The van der Waals surface area contributed by atoms with Crippen LogP contribution in [0.25, 0.3) is 0 Å². The number of benzene rings is 1. The van der Waals surface area contributed by atoms with Gasteiger partial charge < -0.3 is 5.32 Å². The van der Waals surface area contributed by atoms with Crippen molar-refractivity contribution < 1.29 is 4.39 Å². The maximum Gasteiger partial charge on any atom is 0.129 e. The van der Waals surface area contributed by atoms with E-state index in [4.69, 9.17) is 11.6 Å². The largest absolute Gasteiger partial charge is 0.312 e. The SMILES string of the molecule is CC(C)CC1(CNCc2c(F)cccc2Cl)CCCC1. The van der Waals surface area contributed by atoms with Gasteiger partial charge in [-0.25, -0.2) is 4.39 Å². The van der Waals surface area contributed by atoms with Gasteiger partial charge in [0.25, 0.3) is 0 Å². The third-order valence-corrected chi connectivity index (χ3v) is 4.72. The van der Waals surface area contributed by atoms with Crippen molar-refractivity contribution in [3.05, 3.63) is 34.6 Å². The summed E-state index contributed by atoms with van der Waals surface area (Å²) in [6.45, 7) is 6.06. The van der Waals surface area contributed by atoms with E-state index in [1.165, 1.54) is 38.2 Å². The van der Waals surface area contributed by atoms with Crippen LogP contribution in [0.15, 0.2) is 18.2 Å². The molecule has 0 atom stereocenters. The third-order valence-electron chi connectivity index (χ3n) is 4.37. The number of halogens is 2. The van der Waals surface area contributed by atoms with Gasteiger partial charge in [0.05, 0.1) is 0 Å². The summed E-state index contributed by atoms with van der Waals surface area (Å²) in [7, 11) is 0. The van der Waals surface area contributed by atoms with Gasteiger partial charge in [0.1, 0.15) is 5.82 Å². The Labute approximate surface area is 126 Å². The molecule has 1 N–H and O–H groups in total. The molecule has 0 saturated heterocycles. The zero-order valence-corrected chi connectivity index (χ0v) is 13.3. The van der Waals surface area contributed by atoms with Crippen LogP contribution in [0.3, 0.4) is 0 Å². The fourth-order valence-electron chi connectivity index (χ4n) is 3.60. The first-order chi connectivity index (χ1) is 9.52. The summed E-state index contributed by atoms with van der Waals surface area (Å²) in [5, 5.41) is 3.96. The second kappa shape index (κ2) is 6.91. The molecule has 20 heavy (non-hydrogen) atoms. The van der Waals surface area contributed by atoms with Gasteiger partial charge in [-0.3, -0.25) is 0 Å². The highest BCUT2D eigenvalue weighted by molar-refractivity contribution is 6.31. The zero-order valence-electron chi connectivity index (χ0n) is 12.5. The molecule has 0 heterocycles. The Balaban J connectivity index is 1.94. The molecular formula is C17H25ClFN. The molecule has 1 aromatic carbocycles. The molecule has 1 saturated carbocycles. The van der Waals surface area contributed by atoms with Gasteiger partial charge in [-0.2, -0.15) is 0 Å². The van der Waals surface area contributed by atoms with Crippen LogP contribution in [0.1, 0.15) is 51.5 Å². The van der Waals surface area contributed by atoms with Crippen molar-refractivity contribution >= 4 is 11.6 Å². The number of hydrogen-bond acceptors (Lipinski definition) is 1. The summed E-state index contributed by atoms with van der Waals surface area (Å²) < 4.78 is 13.7. The van der Waals surface area contributed by atoms with Crippen molar-refractivity contribution in [3.63, 3.8) is 0 Å². The molecule has 0 aliphatic heterocycles. The van der Waals surface area contributed by atoms with Crippen molar-refractivity contribution in [1.82, 2.24) is 5.32 Å². The van der Waals surface area contributed by atoms with Gasteiger partial charge in [-0.15, -0.1) is 0 Å². The van der Waals surface area contributed by atoms with Crippen LogP contribution in [0, 0.1) is 17.2 Å². The van der Waals surface area contributed by atoms with Gasteiger partial charge >= 0.3 is 0 Å². The van der Waals surface area contributed by atoms with E-state index >= 15 is 0 Å². The molecular weight excluding hydrogens is 273 g/mol. The molecule has 1 nitrogen and oxygen atoms in total. The first-order valence-corrected chi connectivity index (χ1v) is 8.04. The zero-order chi connectivity index (χ0) is 14.6. The van der Waals surface area contributed by atoms with E-state index in [1.54, 1.807) is 12.1 Å². The van der Waals surface area contributed by atoms with Gasteiger partial charge in [0.2, 0.25) is 0 Å². The topological polar surface area (TPSA) is 12.0 Å². The Hall–Kier alpha value is -0.600. The van der Waals surface area contributed by atoms with E-state index in [2.05, 4.69) is 19.2 Å². The average Bonchev–Trinajstić information content (AvgIpc) is 2.81. The minimum Gasteiger partial charge on any atom is -0.312 e. The van der Waals surface area contributed by atoms with Gasteiger partial charge in [-0.1, -0.05) is 44.4 Å². The van der Waals surface area contributed by atoms with Crippen molar-refractivity contribution in [1.29, 1.82) is 0 Å². The molecule has 0 aromatic heterocycles. The molecule has 1 aliphatic rings. The van der Waals surface area contributed by atoms with Crippen molar-refractivity contribution in [2.24, 2.45) is 11.3 Å². The van der Waals surface area contributed by atoms with Crippen LogP contribution >= 0.6 is 11.6 Å². The molecule has 0 bridgehead atoms. The molecule has 0 amide bonds. The Bertz CT molecular complexity index is 418. The van der Waals surface area contributed by atoms with Crippen molar-refractivity contribution in [2.45, 2.75) is 52.5 Å². The highest BCUT2D eigenvalue weighted by Gasteiger charge is 2.33. The molecule has 1 aliphatic carbocycles. The van der Waals surface area contributed by atoms with Crippen molar-refractivity contribution in [3.8, 4) is 0 Å². The Morgan fingerprint density at radius 3 is 2.60 bits per heavy atom. The van der Waals surface area contributed by atoms with E-state index in [0.717, 1.165) is 6.54 Å². The first kappa shape index (κ1) is 15.8. The lowest BCUT2D eigenvalue weighted by Gasteiger charge is -2.31. The quantitative estimate of drug-likeness (QED) is 0.763. The van der Waals surface area contributed by atoms with Gasteiger partial charge in [0, 0.05) is 23.7 Å². The first-order valence-electron chi connectivity index (χ1n) is 7.66. The van der Waals surface area contributed by atoms with Crippen LogP contribution in [0.2, 0.25) is 5.02 Å². The normalized spacial score (nSPS) is 17.9. The Kier molecular flexibility index (Phi) is 5.45. The van der Waals surface area contributed by atoms with Crippen LogP contribution in [0.5, 0.6) is 0 Å². The van der Waals surface area contributed by atoms with Crippen LogP contribution < -0.4 is 5.32 Å². The molecule has 1 aromatic rings. The van der Waals surface area contributed by atoms with Crippen molar-refractivity contribution in [2.75, 3.05) is 6.54 Å². The fourth-order valence-corrected chi connectivity index (χ4v) is 3.83. The molecule has 0 unspecified atom stereocenters. The smallest absolute Gasteiger partial charge is 0.129 e. The highest BCUT2D eigenvalue weighted by Crippen LogP contribution is 2.42. The number of hydrogen-bond donors (Lipinski definition) is 1. The summed E-state index contributed by atoms with van der Waals surface area (Å²) in [4.78, 5) is 0. The van der Waals surface area contributed by atoms with E-state index in [1.807, 2.05) is 0 Å². The van der Waals surface area contributed by atoms with Gasteiger partial charge in [0.15, 0.2) is 0 Å². The molecule has 0 spiro atoms. The highest BCUT2D eigenvalue weighted by atomic mass is 35.5. The standard InChI is InChI=1S/C17H25ClFN/c1-13(2)10-17(8-3-4-9-17)12-20-11-14-15(18)6-5-7-16(14)19/h5-7,13,20H,3-4,8-12H2,1-2H3. The Morgan fingerprint density at radius 2 is 2.00 bits per heavy atom. The Morgan fingerprint density at radius 1 is 1.30 bits per heavy atom. The summed E-state index contributed by atoms with van der Waals surface area (Å²) in [5.41, 5.74) is 0.998. The maximum atomic E-state index is 13.7. The minimum absolute atomic E-state index is 0.214. The molecule has 2 rings (SSSR count). The van der Waals surface area contributed by atoms with Crippen LogP contribution in [-0.4, -0.2) is 6.54 Å². The lowest BCUT2D eigenvalue weighted by Crippen LogP contribution is -2.33. The maximum absolute atomic E-state index is 13.7. The number of nitrogens with one attached hydrogen (secondary N) is 1. The summed E-state index contributed by atoms with van der Waals surface area (Å²) in [6, 6.07) is 4.88. The van der Waals surface area contributed by atoms with E-state index < -0.39 is 0 Å². The second-order valence-electron chi connectivity index (χ2n) is 6.61.